The molecule has 1 unspecified atom stereocenters. The molecule has 0 spiro atoms. The molecule has 1 saturated heterocycles. The molecule has 2 aliphatic rings. The first-order valence-corrected chi connectivity index (χ1v) is 10.1. The van der Waals surface area contributed by atoms with Crippen LogP contribution in [0.25, 0.3) is 0 Å². The number of anilines is 1. The number of fused-ring (bicyclic) bond motifs is 1. The SMILES string of the molecule is CC1=C(C(=O)N2CCCCC2)C(c2cccc(Cl)c2Cl)n2ncc(Cl)c2N1. The topological polar surface area (TPSA) is 50.2 Å². The van der Waals surface area contributed by atoms with Crippen LogP contribution in [0.4, 0.5) is 5.82 Å². The molecule has 0 aliphatic carbocycles. The van der Waals surface area contributed by atoms with E-state index < -0.39 is 6.04 Å². The standard InChI is InChI=1S/C19H19Cl3N4O/c1-11-15(19(27)25-8-3-2-4-9-25)17(12-6-5-7-13(20)16(12)22)26-18(24-11)14(21)10-23-26/h5-7,10,17,24H,2-4,8-9H2,1H3. The number of nitrogens with zero attached hydrogens (tertiary/aromatic N) is 3. The van der Waals surface area contributed by atoms with Crippen molar-refractivity contribution in [1.82, 2.24) is 14.7 Å². The van der Waals surface area contributed by atoms with E-state index in [1.165, 1.54) is 0 Å². The van der Waals surface area contributed by atoms with E-state index in [2.05, 4.69) is 10.4 Å². The highest BCUT2D eigenvalue weighted by molar-refractivity contribution is 6.42. The van der Waals surface area contributed by atoms with Crippen molar-refractivity contribution in [2.24, 2.45) is 0 Å². The summed E-state index contributed by atoms with van der Waals surface area (Å²) < 4.78 is 1.71. The van der Waals surface area contributed by atoms with Crippen molar-refractivity contribution >= 4 is 46.5 Å². The van der Waals surface area contributed by atoms with Crippen LogP contribution >= 0.6 is 34.8 Å². The van der Waals surface area contributed by atoms with E-state index in [1.54, 1.807) is 16.9 Å². The predicted octanol–water partition coefficient (Wildman–Crippen LogP) is 5.14. The second kappa shape index (κ2) is 7.38. The quantitative estimate of drug-likeness (QED) is 0.724. The number of carbonyl (C=O) groups excluding carboxylic acids is 1. The van der Waals surface area contributed by atoms with E-state index >= 15 is 0 Å². The van der Waals surface area contributed by atoms with Gasteiger partial charge < -0.3 is 10.2 Å². The second-order valence-corrected chi connectivity index (χ2v) is 8.04. The van der Waals surface area contributed by atoms with Crippen LogP contribution in [0.5, 0.6) is 0 Å². The van der Waals surface area contributed by atoms with Crippen LogP contribution in [0, 0.1) is 0 Å². The first-order chi connectivity index (χ1) is 13.0. The van der Waals surface area contributed by atoms with Gasteiger partial charge in [-0.3, -0.25) is 4.79 Å². The summed E-state index contributed by atoms with van der Waals surface area (Å²) in [5.74, 6) is 0.642. The fourth-order valence-electron chi connectivity index (χ4n) is 3.79. The van der Waals surface area contributed by atoms with E-state index in [0.717, 1.165) is 43.6 Å². The zero-order chi connectivity index (χ0) is 19.1. The van der Waals surface area contributed by atoms with Crippen molar-refractivity contribution < 1.29 is 4.79 Å². The number of hydrogen-bond donors (Lipinski definition) is 1. The van der Waals surface area contributed by atoms with Crippen molar-refractivity contribution in [3.63, 3.8) is 0 Å². The number of allylic oxidation sites excluding steroid dienone is 1. The third kappa shape index (κ3) is 3.22. The summed E-state index contributed by atoms with van der Waals surface area (Å²) in [4.78, 5) is 15.3. The van der Waals surface area contributed by atoms with Crippen molar-refractivity contribution in [3.8, 4) is 0 Å². The Morgan fingerprint density at radius 1 is 1.15 bits per heavy atom. The Kier molecular flexibility index (Phi) is 5.10. The Balaban J connectivity index is 1.87. The van der Waals surface area contributed by atoms with Gasteiger partial charge in [-0.25, -0.2) is 4.68 Å². The molecule has 1 fully saturated rings. The first kappa shape index (κ1) is 18.7. The number of nitrogens with one attached hydrogen (secondary N) is 1. The Morgan fingerprint density at radius 2 is 1.89 bits per heavy atom. The highest BCUT2D eigenvalue weighted by atomic mass is 35.5. The zero-order valence-corrected chi connectivity index (χ0v) is 17.1. The third-order valence-corrected chi connectivity index (χ3v) is 6.24. The number of aromatic nitrogens is 2. The Morgan fingerprint density at radius 3 is 2.63 bits per heavy atom. The fourth-order valence-corrected chi connectivity index (χ4v) is 4.38. The summed E-state index contributed by atoms with van der Waals surface area (Å²) in [5, 5.41) is 8.99. The number of piperidine rings is 1. The van der Waals surface area contributed by atoms with E-state index in [4.69, 9.17) is 34.8 Å². The minimum Gasteiger partial charge on any atom is -0.342 e. The van der Waals surface area contributed by atoms with Gasteiger partial charge in [0, 0.05) is 24.4 Å². The molecule has 1 N–H and O–H groups in total. The molecule has 27 heavy (non-hydrogen) atoms. The zero-order valence-electron chi connectivity index (χ0n) is 14.8. The molecule has 0 saturated carbocycles. The molecule has 5 nitrogen and oxygen atoms in total. The highest BCUT2D eigenvalue weighted by Gasteiger charge is 2.37. The lowest BCUT2D eigenvalue weighted by atomic mass is 9.93. The molecule has 2 aromatic rings. The van der Waals surface area contributed by atoms with Gasteiger partial charge in [-0.1, -0.05) is 46.9 Å². The maximum atomic E-state index is 13.4. The molecular weight excluding hydrogens is 407 g/mol. The van der Waals surface area contributed by atoms with Gasteiger partial charge in [0.15, 0.2) is 0 Å². The van der Waals surface area contributed by atoms with Crippen molar-refractivity contribution in [3.05, 3.63) is 56.3 Å². The van der Waals surface area contributed by atoms with Crippen LogP contribution in [0.15, 0.2) is 35.7 Å². The lowest BCUT2D eigenvalue weighted by Gasteiger charge is -2.34. The third-order valence-electron chi connectivity index (χ3n) is 5.13. The van der Waals surface area contributed by atoms with E-state index in [0.29, 0.717) is 26.5 Å². The van der Waals surface area contributed by atoms with Crippen LogP contribution in [-0.2, 0) is 4.79 Å². The number of likely N-dealkylation sites (tertiary alicyclic amines) is 1. The van der Waals surface area contributed by atoms with Gasteiger partial charge >= 0.3 is 0 Å². The average molecular weight is 426 g/mol. The molecule has 1 atom stereocenters. The summed E-state index contributed by atoms with van der Waals surface area (Å²) in [5.41, 5.74) is 2.10. The first-order valence-electron chi connectivity index (χ1n) is 8.93. The molecule has 1 amide bonds. The van der Waals surface area contributed by atoms with Gasteiger partial charge in [0.2, 0.25) is 0 Å². The van der Waals surface area contributed by atoms with E-state index in [1.807, 2.05) is 24.0 Å². The maximum absolute atomic E-state index is 13.4. The number of benzene rings is 1. The van der Waals surface area contributed by atoms with Crippen LogP contribution in [-0.4, -0.2) is 33.7 Å². The van der Waals surface area contributed by atoms with Gasteiger partial charge in [0.25, 0.3) is 5.91 Å². The predicted molar refractivity (Wildman–Crippen MR) is 109 cm³/mol. The van der Waals surface area contributed by atoms with Crippen molar-refractivity contribution in [1.29, 1.82) is 0 Å². The Bertz CT molecular complexity index is 931. The molecule has 8 heteroatoms. The molecule has 3 heterocycles. The van der Waals surface area contributed by atoms with Gasteiger partial charge in [0.05, 0.1) is 21.8 Å². The summed E-state index contributed by atoms with van der Waals surface area (Å²) in [6.07, 6.45) is 4.76. The van der Waals surface area contributed by atoms with Crippen LogP contribution in [0.2, 0.25) is 15.1 Å². The molecule has 0 bridgehead atoms. The Labute approximate surface area is 172 Å². The number of halogens is 3. The van der Waals surface area contributed by atoms with Crippen molar-refractivity contribution in [2.75, 3.05) is 18.4 Å². The molecular formula is C19H19Cl3N4O. The summed E-state index contributed by atoms with van der Waals surface area (Å²) in [6.45, 7) is 3.41. The fraction of sp³-hybridized carbons (Fsp3) is 0.368. The largest absolute Gasteiger partial charge is 0.342 e. The summed E-state index contributed by atoms with van der Waals surface area (Å²) >= 11 is 19.1. The average Bonchev–Trinajstić information content (AvgIpc) is 3.04. The van der Waals surface area contributed by atoms with Crippen LogP contribution in [0.3, 0.4) is 0 Å². The molecule has 1 aromatic heterocycles. The Hall–Kier alpha value is -1.69. The van der Waals surface area contributed by atoms with Crippen LogP contribution in [0.1, 0.15) is 37.8 Å². The van der Waals surface area contributed by atoms with E-state index in [9.17, 15) is 4.79 Å². The lowest BCUT2D eigenvalue weighted by Crippen LogP contribution is -2.41. The van der Waals surface area contributed by atoms with Crippen LogP contribution < -0.4 is 5.32 Å². The number of hydrogen-bond acceptors (Lipinski definition) is 3. The summed E-state index contributed by atoms with van der Waals surface area (Å²) in [6, 6.07) is 4.94. The van der Waals surface area contributed by atoms with Gasteiger partial charge in [-0.05, 0) is 32.3 Å². The maximum Gasteiger partial charge on any atom is 0.254 e. The summed E-state index contributed by atoms with van der Waals surface area (Å²) in [7, 11) is 0. The minimum absolute atomic E-state index is 0.00184. The molecule has 0 radical (unpaired) electrons. The number of amides is 1. The van der Waals surface area contributed by atoms with E-state index in [-0.39, 0.29) is 5.91 Å². The molecule has 1 aromatic carbocycles. The highest BCUT2D eigenvalue weighted by Crippen LogP contribution is 2.43. The normalized spacial score (nSPS) is 19.7. The molecule has 2 aliphatic heterocycles. The number of rotatable bonds is 2. The lowest BCUT2D eigenvalue weighted by molar-refractivity contribution is -0.128. The van der Waals surface area contributed by atoms with Gasteiger partial charge in [-0.15, -0.1) is 0 Å². The molecule has 4 rings (SSSR count). The number of carbonyl (C=O) groups is 1. The van der Waals surface area contributed by atoms with Gasteiger partial charge in [-0.2, -0.15) is 5.10 Å². The second-order valence-electron chi connectivity index (χ2n) is 6.85. The monoisotopic (exact) mass is 424 g/mol. The smallest absolute Gasteiger partial charge is 0.254 e. The molecule has 142 valence electrons. The van der Waals surface area contributed by atoms with Gasteiger partial charge in [0.1, 0.15) is 16.9 Å². The minimum atomic E-state index is -0.491. The van der Waals surface area contributed by atoms with Crippen molar-refractivity contribution in [2.45, 2.75) is 32.2 Å².